The molecule has 2 saturated carbocycles. The fourth-order valence-electron chi connectivity index (χ4n) is 5.90. The van der Waals surface area contributed by atoms with Gasteiger partial charge in [0.15, 0.2) is 0 Å². The third-order valence-corrected chi connectivity index (χ3v) is 6.41. The number of hydrogen-bond donors (Lipinski definition) is 1. The Morgan fingerprint density at radius 3 is 2.38 bits per heavy atom. The normalized spacial score (nSPS) is 53.7. The van der Waals surface area contributed by atoms with E-state index < -0.39 is 5.60 Å². The lowest BCUT2D eigenvalue weighted by Gasteiger charge is -2.49. The van der Waals surface area contributed by atoms with E-state index in [-0.39, 0.29) is 10.8 Å². The van der Waals surface area contributed by atoms with E-state index in [0.29, 0.717) is 5.41 Å². The molecule has 16 heavy (non-hydrogen) atoms. The Morgan fingerprint density at radius 2 is 1.75 bits per heavy atom. The van der Waals surface area contributed by atoms with Crippen molar-refractivity contribution in [1.29, 1.82) is 0 Å². The smallest absolute Gasteiger partial charge is 0.0718 e. The highest BCUT2D eigenvalue weighted by Crippen LogP contribution is 2.78. The van der Waals surface area contributed by atoms with Crippen LogP contribution in [0.3, 0.4) is 0 Å². The second kappa shape index (κ2) is 2.58. The van der Waals surface area contributed by atoms with Crippen LogP contribution in [0.5, 0.6) is 0 Å². The fourth-order valence-corrected chi connectivity index (χ4v) is 5.90. The maximum Gasteiger partial charge on any atom is 0.0718 e. The highest BCUT2D eigenvalue weighted by atomic mass is 16.3. The molecule has 1 nitrogen and oxygen atoms in total. The van der Waals surface area contributed by atoms with E-state index in [9.17, 15) is 5.11 Å². The van der Waals surface area contributed by atoms with Gasteiger partial charge >= 0.3 is 0 Å². The van der Waals surface area contributed by atoms with Gasteiger partial charge in [0.25, 0.3) is 0 Å². The molecule has 0 aliphatic heterocycles. The average Bonchev–Trinajstić information content (AvgIpc) is 2.67. The number of hydrogen-bond acceptors (Lipinski definition) is 1. The molecular formula is C15H24O. The zero-order valence-electron chi connectivity index (χ0n) is 11.1. The molecule has 2 unspecified atom stereocenters. The second-order valence-corrected chi connectivity index (χ2v) is 7.16. The molecule has 0 spiro atoms. The highest BCUT2D eigenvalue weighted by molar-refractivity contribution is 5.40. The van der Waals surface area contributed by atoms with Crippen LogP contribution in [0, 0.1) is 16.2 Å². The quantitative estimate of drug-likeness (QED) is 0.617. The molecule has 90 valence electrons. The van der Waals surface area contributed by atoms with Crippen molar-refractivity contribution in [2.24, 2.45) is 16.2 Å². The first-order chi connectivity index (χ1) is 7.29. The van der Waals surface area contributed by atoms with Crippen molar-refractivity contribution in [3.05, 3.63) is 11.6 Å². The number of aliphatic hydroxyl groups is 1. The van der Waals surface area contributed by atoms with Crippen LogP contribution in [0.25, 0.3) is 0 Å². The minimum atomic E-state index is -0.474. The van der Waals surface area contributed by atoms with Gasteiger partial charge in [-0.15, -0.1) is 0 Å². The predicted octanol–water partition coefficient (Wildman–Crippen LogP) is 3.67. The van der Waals surface area contributed by atoms with Crippen molar-refractivity contribution >= 4 is 0 Å². The summed E-state index contributed by atoms with van der Waals surface area (Å²) in [6.07, 6.45) is 8.46. The minimum Gasteiger partial charge on any atom is -0.389 e. The van der Waals surface area contributed by atoms with Crippen LogP contribution in [-0.4, -0.2) is 10.7 Å². The van der Waals surface area contributed by atoms with E-state index in [1.54, 1.807) is 0 Å². The summed E-state index contributed by atoms with van der Waals surface area (Å²) in [5.74, 6) is 0. The lowest BCUT2D eigenvalue weighted by Crippen LogP contribution is -2.49. The van der Waals surface area contributed by atoms with Crippen molar-refractivity contribution < 1.29 is 5.11 Å². The van der Waals surface area contributed by atoms with Crippen molar-refractivity contribution in [3.8, 4) is 0 Å². The molecular weight excluding hydrogens is 196 g/mol. The fraction of sp³-hybridized carbons (Fsp3) is 0.867. The zero-order valence-corrected chi connectivity index (χ0v) is 11.1. The molecule has 1 N–H and O–H groups in total. The standard InChI is InChI=1S/C15H24O/c1-11-10-12(2,3)14-6-5-7-15(11,14)13(4,16)8-9-14/h10,16H,5-9H2,1-4H3/t13-,14?,15?/m0/s1. The number of allylic oxidation sites excluding steroid dienone is 1. The molecule has 0 aromatic rings. The predicted molar refractivity (Wildman–Crippen MR) is 66.1 cm³/mol. The van der Waals surface area contributed by atoms with Gasteiger partial charge in [0.05, 0.1) is 5.60 Å². The molecule has 0 bridgehead atoms. The van der Waals surface area contributed by atoms with Crippen LogP contribution >= 0.6 is 0 Å². The van der Waals surface area contributed by atoms with Crippen LogP contribution in [0.15, 0.2) is 11.6 Å². The third kappa shape index (κ3) is 0.796. The Hall–Kier alpha value is -0.300. The van der Waals surface area contributed by atoms with E-state index in [0.717, 1.165) is 6.42 Å². The average molecular weight is 220 g/mol. The van der Waals surface area contributed by atoms with Crippen LogP contribution < -0.4 is 0 Å². The van der Waals surface area contributed by atoms with Gasteiger partial charge in [-0.2, -0.15) is 0 Å². The van der Waals surface area contributed by atoms with Crippen molar-refractivity contribution in [3.63, 3.8) is 0 Å². The van der Waals surface area contributed by atoms with E-state index in [1.807, 2.05) is 0 Å². The van der Waals surface area contributed by atoms with Crippen LogP contribution in [0.2, 0.25) is 0 Å². The van der Waals surface area contributed by atoms with Crippen molar-refractivity contribution in [1.82, 2.24) is 0 Å². The maximum atomic E-state index is 10.9. The van der Waals surface area contributed by atoms with Crippen LogP contribution in [0.4, 0.5) is 0 Å². The van der Waals surface area contributed by atoms with Gasteiger partial charge in [-0.25, -0.2) is 0 Å². The SMILES string of the molecule is CC1=CC(C)(C)C23CCCC12[C@@](C)(O)CC3. The zero-order chi connectivity index (χ0) is 11.8. The summed E-state index contributed by atoms with van der Waals surface area (Å²) >= 11 is 0. The molecule has 0 aromatic heterocycles. The van der Waals surface area contributed by atoms with Gasteiger partial charge in [0, 0.05) is 5.41 Å². The van der Waals surface area contributed by atoms with Gasteiger partial charge in [-0.1, -0.05) is 31.9 Å². The molecule has 3 rings (SSSR count). The van der Waals surface area contributed by atoms with Gasteiger partial charge in [-0.05, 0) is 50.4 Å². The Kier molecular flexibility index (Phi) is 1.75. The molecule has 0 aromatic carbocycles. The molecule has 0 radical (unpaired) electrons. The topological polar surface area (TPSA) is 20.2 Å². The first kappa shape index (κ1) is 10.8. The Labute approximate surface area is 98.9 Å². The molecule has 2 fully saturated rings. The summed E-state index contributed by atoms with van der Waals surface area (Å²) in [6, 6.07) is 0. The first-order valence-electron chi connectivity index (χ1n) is 6.72. The van der Waals surface area contributed by atoms with Gasteiger partial charge in [0.2, 0.25) is 0 Å². The lowest BCUT2D eigenvalue weighted by atomic mass is 9.56. The number of rotatable bonds is 0. The molecule has 0 heterocycles. The van der Waals surface area contributed by atoms with Crippen LogP contribution in [0.1, 0.15) is 59.8 Å². The summed E-state index contributed by atoms with van der Waals surface area (Å²) in [5, 5.41) is 10.9. The lowest BCUT2D eigenvalue weighted by molar-refractivity contribution is -0.0714. The summed E-state index contributed by atoms with van der Waals surface area (Å²) < 4.78 is 0. The van der Waals surface area contributed by atoms with Crippen molar-refractivity contribution in [2.45, 2.75) is 65.4 Å². The second-order valence-electron chi connectivity index (χ2n) is 7.16. The third-order valence-electron chi connectivity index (χ3n) is 6.41. The van der Waals surface area contributed by atoms with Crippen LogP contribution in [-0.2, 0) is 0 Å². The monoisotopic (exact) mass is 220 g/mol. The molecule has 3 atom stereocenters. The Balaban J connectivity index is 2.27. The summed E-state index contributed by atoms with van der Waals surface area (Å²) in [6.45, 7) is 9.10. The Morgan fingerprint density at radius 1 is 1.06 bits per heavy atom. The van der Waals surface area contributed by atoms with E-state index in [1.165, 1.54) is 31.3 Å². The Bertz CT molecular complexity index is 377. The van der Waals surface area contributed by atoms with Gasteiger partial charge in [0.1, 0.15) is 0 Å². The first-order valence-corrected chi connectivity index (χ1v) is 6.72. The highest BCUT2D eigenvalue weighted by Gasteiger charge is 2.74. The molecule has 1 heteroatoms. The minimum absolute atomic E-state index is 0.101. The van der Waals surface area contributed by atoms with Gasteiger partial charge < -0.3 is 5.11 Å². The summed E-state index contributed by atoms with van der Waals surface area (Å²) in [7, 11) is 0. The molecule has 0 saturated heterocycles. The van der Waals surface area contributed by atoms with Gasteiger partial charge in [-0.3, -0.25) is 0 Å². The summed E-state index contributed by atoms with van der Waals surface area (Å²) in [4.78, 5) is 0. The van der Waals surface area contributed by atoms with E-state index in [4.69, 9.17) is 0 Å². The van der Waals surface area contributed by atoms with E-state index >= 15 is 0 Å². The van der Waals surface area contributed by atoms with E-state index in [2.05, 4.69) is 33.8 Å². The molecule has 0 amide bonds. The van der Waals surface area contributed by atoms with Crippen molar-refractivity contribution in [2.75, 3.05) is 0 Å². The molecule has 3 aliphatic rings. The largest absolute Gasteiger partial charge is 0.389 e. The summed E-state index contributed by atoms with van der Waals surface area (Å²) in [5.41, 5.74) is 1.72. The maximum absolute atomic E-state index is 10.9. The molecule has 3 aliphatic carbocycles.